The molecule has 14 heteroatoms. The van der Waals surface area contributed by atoms with Crippen molar-refractivity contribution < 1.29 is 42.3 Å². The Bertz CT molecular complexity index is 924. The van der Waals surface area contributed by atoms with E-state index in [-0.39, 0.29) is 24.4 Å². The summed E-state index contributed by atoms with van der Waals surface area (Å²) >= 11 is 0. The van der Waals surface area contributed by atoms with Crippen LogP contribution in [-0.2, 0) is 25.8 Å². The van der Waals surface area contributed by atoms with Gasteiger partial charge in [-0.05, 0) is 17.7 Å². The van der Waals surface area contributed by atoms with Gasteiger partial charge in [0.25, 0.3) is 11.8 Å². The summed E-state index contributed by atoms with van der Waals surface area (Å²) in [5.41, 5.74) is 12.0. The van der Waals surface area contributed by atoms with Gasteiger partial charge in [-0.25, -0.2) is 14.6 Å². The lowest BCUT2D eigenvalue weighted by molar-refractivity contribution is -0.192. The number of nitrogens with zero attached hydrogens (tertiary/aromatic N) is 2. The number of benzene rings is 1. The number of hydrogen-bond donors (Lipinski definition) is 3. The fraction of sp³-hybridized carbons (Fsp3) is 0.389. The number of carbonyl (C=O) groups is 4. The van der Waals surface area contributed by atoms with Gasteiger partial charge in [0.1, 0.15) is 0 Å². The van der Waals surface area contributed by atoms with Crippen LogP contribution in [0.25, 0.3) is 0 Å². The number of guanidine groups is 1. The molecule has 0 bridgehead atoms. The van der Waals surface area contributed by atoms with Gasteiger partial charge in [-0.2, -0.15) is 13.2 Å². The number of rotatable bonds is 5. The van der Waals surface area contributed by atoms with E-state index in [9.17, 15) is 27.6 Å². The Morgan fingerprint density at radius 1 is 1.16 bits per heavy atom. The zero-order valence-corrected chi connectivity index (χ0v) is 18.5. The van der Waals surface area contributed by atoms with E-state index in [1.165, 1.54) is 0 Å². The van der Waals surface area contributed by atoms with Crippen LogP contribution in [0.4, 0.5) is 13.2 Å². The molecule has 0 spiro atoms. The molecular formula is C18H23F3N4O6Si. The third kappa shape index (κ3) is 7.68. The van der Waals surface area contributed by atoms with Gasteiger partial charge in [0.2, 0.25) is 0 Å². The minimum Gasteiger partial charge on any atom is -0.475 e. The van der Waals surface area contributed by atoms with E-state index in [4.69, 9.17) is 26.2 Å². The maximum absolute atomic E-state index is 12.3. The number of amides is 2. The minimum absolute atomic E-state index is 0.00364. The highest BCUT2D eigenvalue weighted by atomic mass is 28.3. The molecule has 2 rings (SSSR count). The summed E-state index contributed by atoms with van der Waals surface area (Å²) in [7, 11) is -1.80. The molecule has 10 nitrogen and oxygen atoms in total. The molecule has 1 aliphatic heterocycles. The van der Waals surface area contributed by atoms with Gasteiger partial charge in [-0.15, -0.1) is 5.06 Å². The van der Waals surface area contributed by atoms with Crippen molar-refractivity contribution in [2.45, 2.75) is 45.2 Å². The van der Waals surface area contributed by atoms with E-state index >= 15 is 0 Å². The highest BCUT2D eigenvalue weighted by molar-refractivity contribution is 6.89. The monoisotopic (exact) mass is 476 g/mol. The molecule has 0 aromatic heterocycles. The quantitative estimate of drug-likeness (QED) is 0.244. The van der Waals surface area contributed by atoms with Gasteiger partial charge in [0, 0.05) is 12.8 Å². The maximum Gasteiger partial charge on any atom is 0.490 e. The second-order valence-corrected chi connectivity index (χ2v) is 12.7. The molecule has 1 saturated heterocycles. The lowest BCUT2D eigenvalue weighted by atomic mass is 10.1. The number of nitrogens with two attached hydrogens (primary N) is 2. The molecule has 5 N–H and O–H groups in total. The fourth-order valence-electron chi connectivity index (χ4n) is 2.51. The molecule has 32 heavy (non-hydrogen) atoms. The van der Waals surface area contributed by atoms with Gasteiger partial charge in [0.15, 0.2) is 5.96 Å². The Hall–Kier alpha value is -3.42. The average molecular weight is 476 g/mol. The molecule has 176 valence electrons. The molecule has 2 amide bonds. The second-order valence-electron chi connectivity index (χ2n) is 7.63. The summed E-state index contributed by atoms with van der Waals surface area (Å²) in [6.07, 6.45) is -4.96. The Kier molecular flexibility index (Phi) is 8.53. The number of aliphatic carboxylic acids is 1. The normalized spacial score (nSPS) is 13.9. The summed E-state index contributed by atoms with van der Waals surface area (Å²) in [5, 5.41) is 8.68. The van der Waals surface area contributed by atoms with Gasteiger partial charge in [0.05, 0.1) is 20.2 Å². The van der Waals surface area contributed by atoms with Crippen molar-refractivity contribution in [1.29, 1.82) is 0 Å². The molecular weight excluding hydrogens is 453 g/mol. The SMILES string of the molecule is C[Si](C)(C)c1cc(C(=O)ON2C(=O)CCC2=O)ccc1CN=C(N)N.O=C(O)C(F)(F)F. The number of carboxylic acid groups (broad SMARTS) is 1. The Morgan fingerprint density at radius 3 is 2.06 bits per heavy atom. The van der Waals surface area contributed by atoms with Crippen LogP contribution in [0.5, 0.6) is 0 Å². The molecule has 0 saturated carbocycles. The first-order valence-corrected chi connectivity index (χ1v) is 12.6. The predicted octanol–water partition coefficient (Wildman–Crippen LogP) is 0.859. The molecule has 1 aromatic carbocycles. The van der Waals surface area contributed by atoms with Crippen molar-refractivity contribution in [3.63, 3.8) is 0 Å². The van der Waals surface area contributed by atoms with Gasteiger partial charge in [-0.1, -0.05) is 30.9 Å². The Labute approximate surface area is 182 Å². The molecule has 0 aliphatic carbocycles. The summed E-state index contributed by atoms with van der Waals surface area (Å²) < 4.78 is 31.7. The van der Waals surface area contributed by atoms with Crippen molar-refractivity contribution in [3.05, 3.63) is 29.3 Å². The van der Waals surface area contributed by atoms with Crippen LogP contribution in [0.3, 0.4) is 0 Å². The lowest BCUT2D eigenvalue weighted by Crippen LogP contribution is -2.41. The highest BCUT2D eigenvalue weighted by Gasteiger charge is 2.38. The summed E-state index contributed by atoms with van der Waals surface area (Å²) in [5.74, 6) is -4.51. The fourth-order valence-corrected chi connectivity index (χ4v) is 4.22. The number of hydroxylamine groups is 2. The molecule has 1 aromatic rings. The van der Waals surface area contributed by atoms with Crippen molar-refractivity contribution in [3.8, 4) is 0 Å². The van der Waals surface area contributed by atoms with Crippen molar-refractivity contribution >= 4 is 43.0 Å². The van der Waals surface area contributed by atoms with E-state index in [2.05, 4.69) is 24.6 Å². The summed E-state index contributed by atoms with van der Waals surface area (Å²) in [4.78, 5) is 53.4. The van der Waals surface area contributed by atoms with Crippen LogP contribution in [-0.4, -0.2) is 54.1 Å². The Balaban J connectivity index is 0.000000633. The molecule has 0 unspecified atom stereocenters. The van der Waals surface area contributed by atoms with Gasteiger partial charge >= 0.3 is 18.1 Å². The standard InChI is InChI=1S/C16H22N4O4Si.C2HF3O2/c1-25(2,3)12-8-10(4-5-11(12)9-19-16(17)18)15(23)24-20-13(21)6-7-14(20)22;3-2(4,5)1(6)7/h4-5,8H,6-7,9H2,1-3H3,(H4,17,18,19);(H,6,7). The zero-order chi connectivity index (χ0) is 24.9. The second kappa shape index (κ2) is 10.3. The molecule has 1 heterocycles. The first-order valence-electron chi connectivity index (χ1n) is 9.11. The summed E-state index contributed by atoms with van der Waals surface area (Å²) in [6.45, 7) is 6.71. The van der Waals surface area contributed by atoms with Crippen LogP contribution in [0, 0.1) is 0 Å². The number of hydrogen-bond acceptors (Lipinski definition) is 6. The molecule has 0 atom stereocenters. The maximum atomic E-state index is 12.3. The first-order chi connectivity index (χ1) is 14.5. The topological polar surface area (TPSA) is 165 Å². The van der Waals surface area contributed by atoms with Crippen LogP contribution in [0.1, 0.15) is 28.8 Å². The number of imide groups is 1. The van der Waals surface area contributed by atoms with Gasteiger partial charge < -0.3 is 21.4 Å². The van der Waals surface area contributed by atoms with Crippen molar-refractivity contribution in [2.75, 3.05) is 0 Å². The lowest BCUT2D eigenvalue weighted by Gasteiger charge is -2.21. The molecule has 0 radical (unpaired) electrons. The third-order valence-electron chi connectivity index (χ3n) is 4.01. The van der Waals surface area contributed by atoms with Gasteiger partial charge in [-0.3, -0.25) is 9.59 Å². The van der Waals surface area contributed by atoms with E-state index < -0.39 is 38.0 Å². The number of carbonyl (C=O) groups excluding carboxylic acids is 3. The van der Waals surface area contributed by atoms with Crippen molar-refractivity contribution in [2.24, 2.45) is 16.5 Å². The molecule has 1 aliphatic rings. The van der Waals surface area contributed by atoms with Crippen LogP contribution < -0.4 is 16.7 Å². The third-order valence-corrected chi connectivity index (χ3v) is 6.09. The van der Waals surface area contributed by atoms with E-state index in [0.29, 0.717) is 11.6 Å². The Morgan fingerprint density at radius 2 is 1.66 bits per heavy atom. The number of halogens is 3. The van der Waals surface area contributed by atoms with E-state index in [0.717, 1.165) is 10.8 Å². The van der Waals surface area contributed by atoms with Crippen LogP contribution in [0.15, 0.2) is 23.2 Å². The number of aliphatic imine (C=N–C) groups is 1. The smallest absolute Gasteiger partial charge is 0.475 e. The minimum atomic E-state index is -5.08. The van der Waals surface area contributed by atoms with Crippen molar-refractivity contribution in [1.82, 2.24) is 5.06 Å². The van der Waals surface area contributed by atoms with E-state index in [1.54, 1.807) is 18.2 Å². The summed E-state index contributed by atoms with van der Waals surface area (Å²) in [6, 6.07) is 5.08. The predicted molar refractivity (Wildman–Crippen MR) is 109 cm³/mol. The van der Waals surface area contributed by atoms with Crippen LogP contribution in [0.2, 0.25) is 19.6 Å². The first kappa shape index (κ1) is 26.6. The molecule has 1 fully saturated rings. The van der Waals surface area contributed by atoms with Crippen LogP contribution >= 0.6 is 0 Å². The highest BCUT2D eigenvalue weighted by Crippen LogP contribution is 2.16. The number of carboxylic acids is 1. The number of alkyl halides is 3. The zero-order valence-electron chi connectivity index (χ0n) is 17.5. The average Bonchev–Trinajstić information content (AvgIpc) is 2.97. The van der Waals surface area contributed by atoms with E-state index in [1.807, 2.05) is 0 Å². The largest absolute Gasteiger partial charge is 0.490 e.